The number of aromatic nitrogens is 7. The fourth-order valence-corrected chi connectivity index (χ4v) is 5.03. The highest BCUT2D eigenvalue weighted by Crippen LogP contribution is 2.62. The van der Waals surface area contributed by atoms with Crippen LogP contribution in [0.4, 0.5) is 0 Å². The van der Waals surface area contributed by atoms with Crippen LogP contribution in [-0.2, 0) is 13.6 Å². The van der Waals surface area contributed by atoms with E-state index in [9.17, 15) is 4.79 Å². The van der Waals surface area contributed by atoms with Crippen molar-refractivity contribution in [2.75, 3.05) is 0 Å². The third-order valence-electron chi connectivity index (χ3n) is 6.84. The number of rotatable bonds is 5. The van der Waals surface area contributed by atoms with Crippen LogP contribution in [0.25, 0.3) is 28.1 Å². The molecule has 2 aliphatic carbocycles. The quantitative estimate of drug-likeness (QED) is 0.399. The van der Waals surface area contributed by atoms with E-state index in [1.54, 1.807) is 24.1 Å². The normalized spacial score (nSPS) is 21.1. The summed E-state index contributed by atoms with van der Waals surface area (Å²) in [6.45, 7) is 0.181. The molecule has 0 spiro atoms. The summed E-state index contributed by atoms with van der Waals surface area (Å²) in [6, 6.07) is 8.37. The Hall–Kier alpha value is -4.34. The van der Waals surface area contributed by atoms with Crippen molar-refractivity contribution < 1.29 is 8.94 Å². The molecule has 5 aromatic rings. The third kappa shape index (κ3) is 2.95. The lowest BCUT2D eigenvalue weighted by atomic mass is 9.99. The summed E-state index contributed by atoms with van der Waals surface area (Å²) in [5.41, 5.74) is 4.28. The fraction of sp³-hybridized carbons (Fsp3) is 0.250. The SMILES string of the molecule is Cn1cnc2ncn(Cc3nc(C4C5C=C(c6ccc(-c7cnco7)cc6)CC54)no3)c(=O)c21. The molecule has 1 fully saturated rings. The van der Waals surface area contributed by atoms with Crippen molar-refractivity contribution in [1.29, 1.82) is 0 Å². The number of nitrogens with zero attached hydrogens (tertiary/aromatic N) is 7. The molecule has 34 heavy (non-hydrogen) atoms. The first kappa shape index (κ1) is 19.2. The van der Waals surface area contributed by atoms with E-state index >= 15 is 0 Å². The lowest BCUT2D eigenvalue weighted by molar-refractivity contribution is 0.364. The smallest absolute Gasteiger partial charge is 0.280 e. The van der Waals surface area contributed by atoms with E-state index in [0.717, 1.165) is 17.7 Å². The molecule has 2 aliphatic rings. The van der Waals surface area contributed by atoms with Crippen LogP contribution in [0, 0.1) is 11.8 Å². The van der Waals surface area contributed by atoms with Gasteiger partial charge in [-0.15, -0.1) is 0 Å². The van der Waals surface area contributed by atoms with Gasteiger partial charge in [-0.05, 0) is 29.4 Å². The molecule has 4 heterocycles. The molecule has 0 amide bonds. The van der Waals surface area contributed by atoms with Gasteiger partial charge in [0.25, 0.3) is 5.56 Å². The van der Waals surface area contributed by atoms with Gasteiger partial charge in [0.15, 0.2) is 29.1 Å². The highest BCUT2D eigenvalue weighted by Gasteiger charge is 2.55. The lowest BCUT2D eigenvalue weighted by Crippen LogP contribution is -2.22. The first-order valence-electron chi connectivity index (χ1n) is 11.0. The maximum atomic E-state index is 12.7. The van der Waals surface area contributed by atoms with E-state index in [2.05, 4.69) is 55.4 Å². The molecule has 10 heteroatoms. The summed E-state index contributed by atoms with van der Waals surface area (Å²) in [4.78, 5) is 29.7. The average Bonchev–Trinajstić information content (AvgIpc) is 3.47. The minimum atomic E-state index is -0.185. The predicted molar refractivity (Wildman–Crippen MR) is 120 cm³/mol. The van der Waals surface area contributed by atoms with Crippen molar-refractivity contribution in [1.82, 2.24) is 34.2 Å². The second-order valence-corrected chi connectivity index (χ2v) is 8.86. The van der Waals surface area contributed by atoms with Gasteiger partial charge >= 0.3 is 0 Å². The number of oxazole rings is 1. The molecule has 3 atom stereocenters. The fourth-order valence-electron chi connectivity index (χ4n) is 5.03. The van der Waals surface area contributed by atoms with E-state index in [1.165, 1.54) is 28.4 Å². The van der Waals surface area contributed by atoms with E-state index in [4.69, 9.17) is 8.94 Å². The Balaban J connectivity index is 1.06. The minimum absolute atomic E-state index is 0.181. The average molecular weight is 453 g/mol. The van der Waals surface area contributed by atoms with Crippen LogP contribution < -0.4 is 5.56 Å². The van der Waals surface area contributed by atoms with Crippen molar-refractivity contribution in [2.45, 2.75) is 18.9 Å². The van der Waals surface area contributed by atoms with Crippen molar-refractivity contribution in [3.63, 3.8) is 0 Å². The van der Waals surface area contributed by atoms with Gasteiger partial charge in [-0.1, -0.05) is 35.5 Å². The number of allylic oxidation sites excluding steroid dienone is 2. The number of hydrogen-bond acceptors (Lipinski definition) is 8. The maximum absolute atomic E-state index is 12.7. The van der Waals surface area contributed by atoms with Gasteiger partial charge < -0.3 is 13.5 Å². The van der Waals surface area contributed by atoms with Gasteiger partial charge in [0.2, 0.25) is 5.89 Å². The van der Waals surface area contributed by atoms with Gasteiger partial charge in [-0.25, -0.2) is 15.0 Å². The Morgan fingerprint density at radius 1 is 1.12 bits per heavy atom. The molecular formula is C24H19N7O3. The Morgan fingerprint density at radius 2 is 1.94 bits per heavy atom. The Labute approximate surface area is 192 Å². The molecule has 1 aromatic carbocycles. The minimum Gasteiger partial charge on any atom is -0.444 e. The molecule has 1 saturated carbocycles. The first-order chi connectivity index (χ1) is 16.7. The molecule has 3 unspecified atom stereocenters. The molecule has 0 N–H and O–H groups in total. The molecule has 168 valence electrons. The van der Waals surface area contributed by atoms with Crippen LogP contribution in [-0.4, -0.2) is 34.2 Å². The van der Waals surface area contributed by atoms with Gasteiger partial charge in [-0.3, -0.25) is 9.36 Å². The van der Waals surface area contributed by atoms with Gasteiger partial charge in [0.1, 0.15) is 12.9 Å². The van der Waals surface area contributed by atoms with Gasteiger partial charge in [-0.2, -0.15) is 4.98 Å². The van der Waals surface area contributed by atoms with Gasteiger partial charge in [0.05, 0.1) is 12.5 Å². The number of imidazole rings is 1. The highest BCUT2D eigenvalue weighted by atomic mass is 16.5. The molecule has 7 rings (SSSR count). The van der Waals surface area contributed by atoms with E-state index < -0.39 is 0 Å². The second-order valence-electron chi connectivity index (χ2n) is 8.86. The zero-order valence-corrected chi connectivity index (χ0v) is 18.2. The number of hydrogen-bond donors (Lipinski definition) is 0. The second kappa shape index (κ2) is 7.08. The Kier molecular flexibility index (Phi) is 3.99. The summed E-state index contributed by atoms with van der Waals surface area (Å²) < 4.78 is 14.0. The summed E-state index contributed by atoms with van der Waals surface area (Å²) in [5.74, 6) is 3.06. The summed E-state index contributed by atoms with van der Waals surface area (Å²) in [6.07, 6.45) is 9.52. The third-order valence-corrected chi connectivity index (χ3v) is 6.84. The highest BCUT2D eigenvalue weighted by molar-refractivity contribution is 5.72. The van der Waals surface area contributed by atoms with Crippen molar-refractivity contribution in [3.8, 4) is 11.3 Å². The van der Waals surface area contributed by atoms with Gasteiger partial charge in [0, 0.05) is 18.5 Å². The van der Waals surface area contributed by atoms with Crippen LogP contribution in [0.1, 0.15) is 29.6 Å². The Bertz CT molecular complexity index is 1610. The summed E-state index contributed by atoms with van der Waals surface area (Å²) >= 11 is 0. The largest absolute Gasteiger partial charge is 0.444 e. The number of benzene rings is 1. The molecule has 0 aliphatic heterocycles. The monoisotopic (exact) mass is 453 g/mol. The number of aryl methyl sites for hydroxylation is 1. The topological polar surface area (TPSA) is 118 Å². The lowest BCUT2D eigenvalue weighted by Gasteiger charge is -2.06. The van der Waals surface area contributed by atoms with Crippen molar-refractivity contribution >= 4 is 16.7 Å². The summed E-state index contributed by atoms with van der Waals surface area (Å²) in [5, 5.41) is 4.21. The van der Waals surface area contributed by atoms with Crippen molar-refractivity contribution in [2.24, 2.45) is 18.9 Å². The molecule has 0 bridgehead atoms. The molecule has 0 saturated heterocycles. The molecule has 4 aromatic heterocycles. The molecule has 10 nitrogen and oxygen atoms in total. The predicted octanol–water partition coefficient (Wildman–Crippen LogP) is 3.03. The van der Waals surface area contributed by atoms with Crippen LogP contribution >= 0.6 is 0 Å². The van der Waals surface area contributed by atoms with Crippen LogP contribution in [0.5, 0.6) is 0 Å². The zero-order valence-electron chi connectivity index (χ0n) is 18.2. The maximum Gasteiger partial charge on any atom is 0.280 e. The first-order valence-corrected chi connectivity index (χ1v) is 11.0. The van der Waals surface area contributed by atoms with Crippen LogP contribution in [0.15, 0.2) is 69.3 Å². The van der Waals surface area contributed by atoms with E-state index in [1.807, 2.05) is 0 Å². The summed E-state index contributed by atoms with van der Waals surface area (Å²) in [7, 11) is 1.77. The van der Waals surface area contributed by atoms with Crippen LogP contribution in [0.2, 0.25) is 0 Å². The molecular weight excluding hydrogens is 434 g/mol. The standard InChI is InChI=1S/C24H19N7O3/c1-30-10-26-23-21(30)24(32)31(11-27-23)9-19-28-22(29-34-19)20-16-6-15(7-17(16)20)13-2-4-14(5-3-13)18-8-25-12-33-18/h2-6,8,10-12,16-17,20H,7,9H2,1H3. The van der Waals surface area contributed by atoms with Crippen LogP contribution in [0.3, 0.4) is 0 Å². The van der Waals surface area contributed by atoms with E-state index in [0.29, 0.717) is 34.7 Å². The Morgan fingerprint density at radius 3 is 2.71 bits per heavy atom. The molecule has 0 radical (unpaired) electrons. The zero-order chi connectivity index (χ0) is 22.8. The van der Waals surface area contributed by atoms with Crippen molar-refractivity contribution in [3.05, 3.63) is 83.2 Å². The number of fused-ring (bicyclic) bond motifs is 2. The van der Waals surface area contributed by atoms with E-state index in [-0.39, 0.29) is 18.0 Å².